The fraction of sp³-hybridized carbons (Fsp3) is 0.200. The van der Waals surface area contributed by atoms with Crippen molar-refractivity contribution in [1.29, 1.82) is 0 Å². The molecule has 138 valence electrons. The number of fused-ring (bicyclic) bond motifs is 1. The molecule has 0 saturated carbocycles. The summed E-state index contributed by atoms with van der Waals surface area (Å²) in [5.41, 5.74) is 0.130. The van der Waals surface area contributed by atoms with E-state index >= 15 is 0 Å². The first kappa shape index (κ1) is 18.1. The zero-order chi connectivity index (χ0) is 18.9. The third kappa shape index (κ3) is 3.35. The Morgan fingerprint density at radius 1 is 1.15 bits per heavy atom. The predicted molar refractivity (Wildman–Crippen MR) is 88.6 cm³/mol. The molecule has 11 heteroatoms. The van der Waals surface area contributed by atoms with E-state index in [4.69, 9.17) is 0 Å². The summed E-state index contributed by atoms with van der Waals surface area (Å²) in [5, 5.41) is 3.67. The second kappa shape index (κ2) is 6.92. The summed E-state index contributed by atoms with van der Waals surface area (Å²) in [6, 6.07) is 2.21. The Hall–Kier alpha value is -2.66. The number of nitrogens with one attached hydrogen (secondary N) is 3. The van der Waals surface area contributed by atoms with Crippen molar-refractivity contribution >= 4 is 26.9 Å². The minimum Gasteiger partial charge on any atom is -0.368 e. The zero-order valence-corrected chi connectivity index (χ0v) is 14.3. The van der Waals surface area contributed by atoms with E-state index in [1.54, 1.807) is 12.3 Å². The molecule has 3 N–H and O–H groups in total. The summed E-state index contributed by atoms with van der Waals surface area (Å²) in [6.45, 7) is 1.13. The van der Waals surface area contributed by atoms with Gasteiger partial charge in [0.1, 0.15) is 17.8 Å². The van der Waals surface area contributed by atoms with E-state index in [1.807, 2.05) is 0 Å². The maximum Gasteiger partial charge on any atom is 0.241 e. The molecule has 2 heterocycles. The number of benzene rings is 1. The van der Waals surface area contributed by atoms with Crippen LogP contribution in [0.25, 0.3) is 11.0 Å². The van der Waals surface area contributed by atoms with Gasteiger partial charge in [0, 0.05) is 24.8 Å². The number of halogens is 3. The smallest absolute Gasteiger partial charge is 0.241 e. The van der Waals surface area contributed by atoms with Crippen LogP contribution < -0.4 is 10.0 Å². The Morgan fingerprint density at radius 3 is 2.69 bits per heavy atom. The molecular weight excluding hydrogens is 371 g/mol. The summed E-state index contributed by atoms with van der Waals surface area (Å²) in [4.78, 5) is 10.3. The van der Waals surface area contributed by atoms with E-state index in [1.165, 1.54) is 6.33 Å². The average Bonchev–Trinajstić information content (AvgIpc) is 3.09. The summed E-state index contributed by atoms with van der Waals surface area (Å²) in [5.74, 6) is -4.30. The van der Waals surface area contributed by atoms with Gasteiger partial charge >= 0.3 is 0 Å². The van der Waals surface area contributed by atoms with Crippen LogP contribution in [0.3, 0.4) is 0 Å². The van der Waals surface area contributed by atoms with Crippen LogP contribution in [0.4, 0.5) is 19.0 Å². The van der Waals surface area contributed by atoms with Crippen LogP contribution in [0.1, 0.15) is 5.56 Å². The third-order valence-electron chi connectivity index (χ3n) is 3.71. The molecule has 0 spiro atoms. The lowest BCUT2D eigenvalue weighted by Crippen LogP contribution is -2.30. The van der Waals surface area contributed by atoms with Crippen molar-refractivity contribution in [3.8, 4) is 0 Å². The summed E-state index contributed by atoms with van der Waals surface area (Å²) < 4.78 is 66.7. The van der Waals surface area contributed by atoms with Gasteiger partial charge in [0.15, 0.2) is 17.5 Å². The molecule has 7 nitrogen and oxygen atoms in total. The first-order chi connectivity index (χ1) is 12.3. The second-order valence-corrected chi connectivity index (χ2v) is 7.13. The van der Waals surface area contributed by atoms with Gasteiger partial charge in [-0.15, -0.1) is 0 Å². The van der Waals surface area contributed by atoms with Crippen LogP contribution in [0.15, 0.2) is 29.6 Å². The van der Waals surface area contributed by atoms with Crippen LogP contribution in [0.2, 0.25) is 0 Å². The molecule has 1 aromatic carbocycles. The van der Waals surface area contributed by atoms with Crippen molar-refractivity contribution in [2.75, 3.05) is 18.4 Å². The number of hydrogen-bond donors (Lipinski definition) is 3. The van der Waals surface area contributed by atoms with Crippen molar-refractivity contribution in [3.63, 3.8) is 0 Å². The number of aromatic nitrogens is 3. The normalized spacial score (nSPS) is 11.8. The maximum absolute atomic E-state index is 13.6. The van der Waals surface area contributed by atoms with Gasteiger partial charge in [0.25, 0.3) is 0 Å². The van der Waals surface area contributed by atoms with Gasteiger partial charge < -0.3 is 10.3 Å². The van der Waals surface area contributed by atoms with Crippen LogP contribution in [-0.2, 0) is 10.0 Å². The number of hydrogen-bond acceptors (Lipinski definition) is 5. The summed E-state index contributed by atoms with van der Waals surface area (Å²) in [7, 11) is -4.21. The highest BCUT2D eigenvalue weighted by Gasteiger charge is 2.24. The molecule has 0 amide bonds. The second-order valence-electron chi connectivity index (χ2n) is 5.40. The number of nitrogens with zero attached hydrogens (tertiary/aromatic N) is 2. The van der Waals surface area contributed by atoms with Crippen LogP contribution in [-0.4, -0.2) is 36.5 Å². The Morgan fingerprint density at radius 2 is 1.92 bits per heavy atom. The highest BCUT2D eigenvalue weighted by Crippen LogP contribution is 2.23. The van der Waals surface area contributed by atoms with Crippen molar-refractivity contribution in [2.45, 2.75) is 11.8 Å². The van der Waals surface area contributed by atoms with Gasteiger partial charge in [-0.1, -0.05) is 0 Å². The lowest BCUT2D eigenvalue weighted by molar-refractivity contribution is 0.437. The van der Waals surface area contributed by atoms with E-state index in [0.717, 1.165) is 12.3 Å². The minimum absolute atomic E-state index is 0.0850. The molecule has 0 aliphatic carbocycles. The molecule has 3 rings (SSSR count). The molecule has 3 aromatic rings. The zero-order valence-electron chi connectivity index (χ0n) is 13.5. The van der Waals surface area contributed by atoms with Gasteiger partial charge in [-0.05, 0) is 19.1 Å². The minimum atomic E-state index is -4.21. The molecule has 0 aliphatic rings. The lowest BCUT2D eigenvalue weighted by Gasteiger charge is -2.11. The van der Waals surface area contributed by atoms with Crippen LogP contribution >= 0.6 is 0 Å². The average molecular weight is 385 g/mol. The molecule has 0 atom stereocenters. The van der Waals surface area contributed by atoms with Gasteiger partial charge in [-0.25, -0.2) is 36.3 Å². The summed E-state index contributed by atoms with van der Waals surface area (Å²) in [6.07, 6.45) is 3.03. The molecule has 0 saturated heterocycles. The first-order valence-electron chi connectivity index (χ1n) is 7.47. The van der Waals surface area contributed by atoms with Crippen molar-refractivity contribution in [2.24, 2.45) is 0 Å². The maximum atomic E-state index is 13.6. The Bertz CT molecular complexity index is 1070. The molecular formula is C15H14F3N5O2S. The third-order valence-corrected chi connectivity index (χ3v) is 5.30. The van der Waals surface area contributed by atoms with Crippen molar-refractivity contribution < 1.29 is 21.6 Å². The highest BCUT2D eigenvalue weighted by atomic mass is 32.2. The molecule has 0 radical (unpaired) electrons. The quantitative estimate of drug-likeness (QED) is 0.446. The van der Waals surface area contributed by atoms with E-state index in [0.29, 0.717) is 17.5 Å². The number of anilines is 1. The number of aromatic amines is 1. The standard InChI is InChI=1S/C15H14F3N5O2S/c1-8-11(6-10(16)13(18)12(8)17)26(24,25)23-5-4-20-15-9-2-3-19-14(9)21-7-22-15/h2-3,6-7,23H,4-5H2,1H3,(H2,19,20,21,22). The predicted octanol–water partition coefficient (Wildman–Crippen LogP) is 2.07. The van der Waals surface area contributed by atoms with Gasteiger partial charge in [0.05, 0.1) is 10.3 Å². The lowest BCUT2D eigenvalue weighted by atomic mass is 10.2. The molecule has 0 fully saturated rings. The fourth-order valence-electron chi connectivity index (χ4n) is 2.40. The Kier molecular flexibility index (Phi) is 4.83. The Balaban J connectivity index is 1.69. The van der Waals surface area contributed by atoms with E-state index in [9.17, 15) is 21.6 Å². The van der Waals surface area contributed by atoms with Crippen LogP contribution in [0.5, 0.6) is 0 Å². The molecule has 0 unspecified atom stereocenters. The molecule has 2 aromatic heterocycles. The summed E-state index contributed by atoms with van der Waals surface area (Å²) >= 11 is 0. The SMILES string of the molecule is Cc1c(S(=O)(=O)NCCNc2ncnc3[nH]ccc23)cc(F)c(F)c1F. The Labute approximate surface area is 146 Å². The van der Waals surface area contributed by atoms with E-state index < -0.39 is 37.9 Å². The van der Waals surface area contributed by atoms with Gasteiger partial charge in [0.2, 0.25) is 10.0 Å². The fourth-order valence-corrected chi connectivity index (χ4v) is 3.68. The van der Waals surface area contributed by atoms with E-state index in [-0.39, 0.29) is 13.1 Å². The molecule has 0 bridgehead atoms. The monoisotopic (exact) mass is 385 g/mol. The molecule has 26 heavy (non-hydrogen) atoms. The van der Waals surface area contributed by atoms with Crippen molar-refractivity contribution in [3.05, 3.63) is 47.7 Å². The number of rotatable bonds is 6. The topological polar surface area (TPSA) is 99.8 Å². The molecule has 0 aliphatic heterocycles. The number of H-pyrrole nitrogens is 1. The van der Waals surface area contributed by atoms with E-state index in [2.05, 4.69) is 25.0 Å². The van der Waals surface area contributed by atoms with Gasteiger partial charge in [-0.2, -0.15) is 0 Å². The first-order valence-corrected chi connectivity index (χ1v) is 8.95. The number of sulfonamides is 1. The van der Waals surface area contributed by atoms with Crippen LogP contribution in [0, 0.1) is 24.4 Å². The van der Waals surface area contributed by atoms with Gasteiger partial charge in [-0.3, -0.25) is 0 Å². The largest absolute Gasteiger partial charge is 0.368 e. The van der Waals surface area contributed by atoms with Crippen molar-refractivity contribution in [1.82, 2.24) is 19.7 Å². The highest BCUT2D eigenvalue weighted by molar-refractivity contribution is 7.89.